The van der Waals surface area contributed by atoms with Gasteiger partial charge in [-0.1, -0.05) is 77.5 Å². The maximum atomic E-state index is 13.7. The highest BCUT2D eigenvalue weighted by Crippen LogP contribution is 2.38. The van der Waals surface area contributed by atoms with E-state index in [0.717, 1.165) is 39.3 Å². The van der Waals surface area contributed by atoms with Gasteiger partial charge in [0.15, 0.2) is 0 Å². The van der Waals surface area contributed by atoms with Crippen molar-refractivity contribution in [3.63, 3.8) is 0 Å². The molecule has 0 bridgehead atoms. The molecule has 6 nitrogen and oxygen atoms in total. The molecule has 2 aromatic heterocycles. The van der Waals surface area contributed by atoms with Crippen molar-refractivity contribution in [3.05, 3.63) is 87.4 Å². The number of nitrogens with one attached hydrogen (secondary N) is 1. The van der Waals surface area contributed by atoms with Crippen LogP contribution < -0.4 is 10.1 Å². The van der Waals surface area contributed by atoms with E-state index in [4.69, 9.17) is 14.5 Å². The van der Waals surface area contributed by atoms with Gasteiger partial charge < -0.3 is 14.8 Å². The number of ether oxygens (including phenoxy) is 2. The lowest BCUT2D eigenvalue weighted by atomic mass is 9.87. The number of thiophene rings is 1. The molecule has 2 aliphatic carbocycles. The van der Waals surface area contributed by atoms with Crippen LogP contribution in [0.2, 0.25) is 0 Å². The number of benzene rings is 2. The Morgan fingerprint density at radius 2 is 1.61 bits per heavy atom. The minimum Gasteiger partial charge on any atom is -0.467 e. The van der Waals surface area contributed by atoms with Crippen molar-refractivity contribution in [1.82, 2.24) is 10.3 Å². The van der Waals surface area contributed by atoms with Crippen molar-refractivity contribution in [2.75, 3.05) is 7.11 Å². The van der Waals surface area contributed by atoms with Gasteiger partial charge in [0.1, 0.15) is 23.2 Å². The zero-order valence-electron chi connectivity index (χ0n) is 27.6. The van der Waals surface area contributed by atoms with Crippen molar-refractivity contribution in [2.45, 2.75) is 102 Å². The zero-order valence-corrected chi connectivity index (χ0v) is 28.4. The standard InChI is InChI=1S/C39H46N2O4S/c1-39(2,3)28-14-17-29(18-15-28)45-30-16-13-27-22-34(40-33(32(27)23-30)21-25-9-5-6-10-25)37(42)41-35(38(43)44-4)24-31-19-20-36(46-31)26-11-7-8-12-26/h13-20,22-23,25-26,35H,5-12,21,24H2,1-4H3,(H,41,42). The molecule has 1 N–H and O–H groups in total. The molecule has 242 valence electrons. The van der Waals surface area contributed by atoms with E-state index in [-0.39, 0.29) is 11.3 Å². The maximum absolute atomic E-state index is 13.7. The zero-order chi connectivity index (χ0) is 32.3. The summed E-state index contributed by atoms with van der Waals surface area (Å²) in [5.74, 6) is 1.86. The van der Waals surface area contributed by atoms with E-state index in [9.17, 15) is 9.59 Å². The van der Waals surface area contributed by atoms with E-state index in [2.05, 4.69) is 50.4 Å². The first-order valence-electron chi connectivity index (χ1n) is 16.9. The van der Waals surface area contributed by atoms with Gasteiger partial charge in [0.25, 0.3) is 5.91 Å². The first-order valence-corrected chi connectivity index (χ1v) is 17.7. The molecule has 4 aromatic rings. The highest BCUT2D eigenvalue weighted by Gasteiger charge is 2.27. The monoisotopic (exact) mass is 638 g/mol. The summed E-state index contributed by atoms with van der Waals surface area (Å²) < 4.78 is 11.4. The van der Waals surface area contributed by atoms with Crippen LogP contribution in [0.4, 0.5) is 0 Å². The lowest BCUT2D eigenvalue weighted by Crippen LogP contribution is -2.43. The number of rotatable bonds is 10. The highest BCUT2D eigenvalue weighted by atomic mass is 32.1. The Bertz CT molecular complexity index is 1670. The molecule has 1 unspecified atom stereocenters. The van der Waals surface area contributed by atoms with Gasteiger partial charge in [-0.2, -0.15) is 0 Å². The SMILES string of the molecule is COC(=O)C(Cc1ccc(C2CCCC2)s1)NC(=O)c1cc2ccc(Oc3ccc(C(C)(C)C)cc3)cc2c(CC2CCCC2)n1. The Labute approximate surface area is 276 Å². The van der Waals surface area contributed by atoms with Gasteiger partial charge in [0.2, 0.25) is 0 Å². The highest BCUT2D eigenvalue weighted by molar-refractivity contribution is 7.12. The topological polar surface area (TPSA) is 77.5 Å². The number of methoxy groups -OCH3 is 1. The molecule has 6 rings (SSSR count). The number of carbonyl (C=O) groups excluding carboxylic acids is 2. The molecule has 0 radical (unpaired) electrons. The number of carbonyl (C=O) groups is 2. The molecule has 46 heavy (non-hydrogen) atoms. The number of aromatic nitrogens is 1. The lowest BCUT2D eigenvalue weighted by molar-refractivity contribution is -0.142. The van der Waals surface area contributed by atoms with Crippen molar-refractivity contribution >= 4 is 34.0 Å². The van der Waals surface area contributed by atoms with Gasteiger partial charge in [-0.05, 0) is 89.9 Å². The van der Waals surface area contributed by atoms with E-state index in [0.29, 0.717) is 24.0 Å². The van der Waals surface area contributed by atoms with Crippen LogP contribution in [0.1, 0.15) is 110 Å². The fraction of sp³-hybridized carbons (Fsp3) is 0.462. The van der Waals surface area contributed by atoms with Crippen LogP contribution in [0.5, 0.6) is 11.5 Å². The van der Waals surface area contributed by atoms with Gasteiger partial charge in [-0.3, -0.25) is 4.79 Å². The molecule has 7 heteroatoms. The molecule has 0 spiro atoms. The first kappa shape index (κ1) is 32.2. The minimum atomic E-state index is -0.788. The fourth-order valence-corrected chi connectivity index (χ4v) is 8.21. The summed E-state index contributed by atoms with van der Waals surface area (Å²) in [4.78, 5) is 33.9. The van der Waals surface area contributed by atoms with Gasteiger partial charge in [0, 0.05) is 27.3 Å². The number of hydrogen-bond acceptors (Lipinski definition) is 6. The van der Waals surface area contributed by atoms with E-state index >= 15 is 0 Å². The van der Waals surface area contributed by atoms with Gasteiger partial charge >= 0.3 is 5.97 Å². The van der Waals surface area contributed by atoms with E-state index < -0.39 is 12.0 Å². The van der Waals surface area contributed by atoms with Gasteiger partial charge in [-0.15, -0.1) is 11.3 Å². The second-order valence-corrected chi connectivity index (χ2v) is 15.3. The van der Waals surface area contributed by atoms with Crippen LogP contribution >= 0.6 is 11.3 Å². The Balaban J connectivity index is 1.24. The predicted octanol–water partition coefficient (Wildman–Crippen LogP) is 9.29. The Hall–Kier alpha value is -3.71. The molecule has 1 amide bonds. The third-order valence-corrected chi connectivity index (χ3v) is 10.9. The van der Waals surface area contributed by atoms with Crippen LogP contribution in [-0.2, 0) is 27.8 Å². The average molecular weight is 639 g/mol. The van der Waals surface area contributed by atoms with Crippen molar-refractivity contribution in [3.8, 4) is 11.5 Å². The van der Waals surface area contributed by atoms with Gasteiger partial charge in [0.05, 0.1) is 7.11 Å². The number of esters is 1. The molecule has 2 heterocycles. The third kappa shape index (κ3) is 7.63. The summed E-state index contributed by atoms with van der Waals surface area (Å²) in [5.41, 5.74) is 2.55. The smallest absolute Gasteiger partial charge is 0.328 e. The van der Waals surface area contributed by atoms with E-state index in [1.807, 2.05) is 36.4 Å². The minimum absolute atomic E-state index is 0.0750. The van der Waals surface area contributed by atoms with Crippen molar-refractivity contribution in [1.29, 1.82) is 0 Å². The van der Waals surface area contributed by atoms with Crippen LogP contribution in [0, 0.1) is 5.92 Å². The molecule has 2 aliphatic rings. The predicted molar refractivity (Wildman–Crippen MR) is 185 cm³/mol. The van der Waals surface area contributed by atoms with Crippen LogP contribution in [0.15, 0.2) is 60.7 Å². The van der Waals surface area contributed by atoms with Crippen molar-refractivity contribution < 1.29 is 19.1 Å². The van der Waals surface area contributed by atoms with E-state index in [1.165, 1.54) is 68.9 Å². The number of amides is 1. The Morgan fingerprint density at radius 3 is 2.30 bits per heavy atom. The van der Waals surface area contributed by atoms with Crippen LogP contribution in [0.3, 0.4) is 0 Å². The summed E-state index contributed by atoms with van der Waals surface area (Å²) in [6.45, 7) is 6.60. The molecule has 2 saturated carbocycles. The average Bonchev–Trinajstić information content (AvgIpc) is 3.84. The van der Waals surface area contributed by atoms with Crippen LogP contribution in [0.25, 0.3) is 10.8 Å². The summed E-state index contributed by atoms with van der Waals surface area (Å²) in [5, 5.41) is 4.89. The number of fused-ring (bicyclic) bond motifs is 1. The summed E-state index contributed by atoms with van der Waals surface area (Å²) in [6.07, 6.45) is 11.0. The fourth-order valence-electron chi connectivity index (χ4n) is 6.98. The molecule has 0 saturated heterocycles. The Morgan fingerprint density at radius 1 is 0.913 bits per heavy atom. The summed E-state index contributed by atoms with van der Waals surface area (Å²) >= 11 is 1.75. The van der Waals surface area contributed by atoms with E-state index in [1.54, 1.807) is 11.3 Å². The molecule has 2 aromatic carbocycles. The Kier molecular flexibility index (Phi) is 9.78. The molecule has 2 fully saturated rings. The lowest BCUT2D eigenvalue weighted by Gasteiger charge is -2.19. The normalized spacial score (nSPS) is 16.5. The quantitative estimate of drug-likeness (QED) is 0.175. The van der Waals surface area contributed by atoms with Gasteiger partial charge in [-0.25, -0.2) is 9.78 Å². The molecular weight excluding hydrogens is 593 g/mol. The first-order chi connectivity index (χ1) is 22.2. The van der Waals surface area contributed by atoms with Crippen molar-refractivity contribution in [2.24, 2.45) is 5.92 Å². The summed E-state index contributed by atoms with van der Waals surface area (Å²) in [6, 6.07) is 19.5. The second kappa shape index (κ2) is 14.0. The molecule has 1 atom stereocenters. The number of pyridine rings is 1. The number of hydrogen-bond donors (Lipinski definition) is 1. The largest absolute Gasteiger partial charge is 0.467 e. The summed E-state index contributed by atoms with van der Waals surface area (Å²) in [7, 11) is 1.37. The number of nitrogens with zero attached hydrogens (tertiary/aromatic N) is 1. The second-order valence-electron chi connectivity index (χ2n) is 14.1. The maximum Gasteiger partial charge on any atom is 0.328 e. The third-order valence-electron chi connectivity index (χ3n) is 9.67. The molecule has 0 aliphatic heterocycles. The molecular formula is C39H46N2O4S. The van der Waals surface area contributed by atoms with Crippen LogP contribution in [-0.4, -0.2) is 30.0 Å².